The topological polar surface area (TPSA) is 58.9 Å². The third-order valence-electron chi connectivity index (χ3n) is 4.64. The molecule has 142 valence electrons. The molecule has 7 heteroatoms. The maximum Gasteiger partial charge on any atom is 0.180 e. The van der Waals surface area contributed by atoms with Crippen molar-refractivity contribution in [3.05, 3.63) is 65.0 Å². The van der Waals surface area contributed by atoms with E-state index in [1.54, 1.807) is 23.5 Å². The van der Waals surface area contributed by atoms with Crippen LogP contribution in [0, 0.1) is 0 Å². The predicted octanol–water partition coefficient (Wildman–Crippen LogP) is 4.16. The highest BCUT2D eigenvalue weighted by Crippen LogP contribution is 2.39. The molecule has 5 nitrogen and oxygen atoms in total. The van der Waals surface area contributed by atoms with Crippen molar-refractivity contribution in [1.29, 1.82) is 0 Å². The number of rotatable bonds is 7. The molecule has 0 saturated carbocycles. The standard InChI is InChI=1S/C20H21NO4S2/c1-14(21-20(25-21)16-4-6-18(24-2)7-5-16)12-27(22,23)13-15-3-8-19-17(11-15)9-10-26-19/h3-11,14,20H,12-13H2,1-2H3/t14?,20-,21?/m0/s1. The minimum atomic E-state index is -3.25. The maximum absolute atomic E-state index is 12.6. The zero-order chi connectivity index (χ0) is 19.0. The fourth-order valence-electron chi connectivity index (χ4n) is 3.26. The Hall–Kier alpha value is -1.93. The third-order valence-corrected chi connectivity index (χ3v) is 7.30. The maximum atomic E-state index is 12.6. The van der Waals surface area contributed by atoms with Crippen molar-refractivity contribution in [3.63, 3.8) is 0 Å². The van der Waals surface area contributed by atoms with Crippen molar-refractivity contribution in [1.82, 2.24) is 5.06 Å². The van der Waals surface area contributed by atoms with Crippen LogP contribution in [-0.4, -0.2) is 32.4 Å². The number of fused-ring (bicyclic) bond motifs is 1. The summed E-state index contributed by atoms with van der Waals surface area (Å²) < 4.78 is 31.6. The third kappa shape index (κ3) is 4.16. The lowest BCUT2D eigenvalue weighted by atomic mass is 10.2. The van der Waals surface area contributed by atoms with E-state index in [-0.39, 0.29) is 23.8 Å². The zero-order valence-electron chi connectivity index (χ0n) is 15.2. The van der Waals surface area contributed by atoms with Gasteiger partial charge in [0, 0.05) is 10.7 Å². The number of benzene rings is 2. The molecule has 2 unspecified atom stereocenters. The second kappa shape index (κ2) is 7.24. The molecule has 1 aliphatic heterocycles. The van der Waals surface area contributed by atoms with Crippen molar-refractivity contribution >= 4 is 31.3 Å². The van der Waals surface area contributed by atoms with Crippen LogP contribution in [0.4, 0.5) is 0 Å². The quantitative estimate of drug-likeness (QED) is 0.555. The van der Waals surface area contributed by atoms with E-state index < -0.39 is 9.84 Å². The molecular formula is C20H21NO4S2. The fraction of sp³-hybridized carbons (Fsp3) is 0.300. The van der Waals surface area contributed by atoms with Gasteiger partial charge in [0.1, 0.15) is 5.75 Å². The van der Waals surface area contributed by atoms with Crippen LogP contribution in [0.25, 0.3) is 10.1 Å². The number of ether oxygens (including phenoxy) is 1. The molecule has 0 radical (unpaired) electrons. The predicted molar refractivity (Wildman–Crippen MR) is 107 cm³/mol. The first-order valence-corrected chi connectivity index (χ1v) is 11.4. The van der Waals surface area contributed by atoms with E-state index in [9.17, 15) is 8.42 Å². The molecule has 2 aromatic carbocycles. The summed E-state index contributed by atoms with van der Waals surface area (Å²) in [5.74, 6) is 0.884. The molecule has 1 aromatic heterocycles. The Morgan fingerprint density at radius 3 is 2.70 bits per heavy atom. The first-order valence-electron chi connectivity index (χ1n) is 8.71. The second-order valence-electron chi connectivity index (χ2n) is 6.79. The summed E-state index contributed by atoms with van der Waals surface area (Å²) in [6.07, 6.45) is -0.191. The van der Waals surface area contributed by atoms with Crippen LogP contribution in [0.1, 0.15) is 24.3 Å². The molecule has 1 fully saturated rings. The number of nitrogens with zero attached hydrogens (tertiary/aromatic N) is 1. The molecule has 1 saturated heterocycles. The highest BCUT2D eigenvalue weighted by Gasteiger charge is 2.43. The van der Waals surface area contributed by atoms with Gasteiger partial charge in [0.05, 0.1) is 18.6 Å². The van der Waals surface area contributed by atoms with Crippen LogP contribution in [0.15, 0.2) is 53.9 Å². The molecule has 2 heterocycles. The normalized spacial score (nSPS) is 20.5. The van der Waals surface area contributed by atoms with Gasteiger partial charge in [-0.25, -0.2) is 8.42 Å². The summed E-state index contributed by atoms with van der Waals surface area (Å²) in [4.78, 5) is 5.61. The lowest BCUT2D eigenvalue weighted by Crippen LogP contribution is -2.26. The van der Waals surface area contributed by atoms with Gasteiger partial charge >= 0.3 is 0 Å². The number of hydrogen-bond donors (Lipinski definition) is 0. The van der Waals surface area contributed by atoms with Gasteiger partial charge in [-0.05, 0) is 59.1 Å². The molecule has 0 amide bonds. The van der Waals surface area contributed by atoms with Gasteiger partial charge in [0.25, 0.3) is 0 Å². The smallest absolute Gasteiger partial charge is 0.180 e. The number of hydrogen-bond acceptors (Lipinski definition) is 6. The largest absolute Gasteiger partial charge is 0.497 e. The van der Waals surface area contributed by atoms with E-state index in [1.807, 2.05) is 60.8 Å². The molecule has 1 aliphatic rings. The van der Waals surface area contributed by atoms with Crippen LogP contribution >= 0.6 is 11.3 Å². The van der Waals surface area contributed by atoms with E-state index in [2.05, 4.69) is 0 Å². The average molecular weight is 404 g/mol. The molecule has 0 N–H and O–H groups in total. The Bertz CT molecular complexity index is 1040. The van der Waals surface area contributed by atoms with Crippen LogP contribution in [0.3, 0.4) is 0 Å². The Morgan fingerprint density at radius 2 is 1.96 bits per heavy atom. The molecule has 0 aliphatic carbocycles. The molecule has 4 rings (SSSR count). The lowest BCUT2D eigenvalue weighted by molar-refractivity contribution is 0.165. The highest BCUT2D eigenvalue weighted by atomic mass is 32.2. The van der Waals surface area contributed by atoms with Gasteiger partial charge in [-0.3, -0.25) is 4.84 Å². The minimum Gasteiger partial charge on any atom is -0.497 e. The van der Waals surface area contributed by atoms with Crippen LogP contribution < -0.4 is 4.74 Å². The first kappa shape index (κ1) is 18.4. The van der Waals surface area contributed by atoms with E-state index in [1.165, 1.54) is 4.70 Å². The van der Waals surface area contributed by atoms with Gasteiger partial charge in [0.15, 0.2) is 16.1 Å². The fourth-order valence-corrected chi connectivity index (χ4v) is 5.72. The summed E-state index contributed by atoms with van der Waals surface area (Å²) in [6, 6.07) is 15.3. The van der Waals surface area contributed by atoms with Crippen molar-refractivity contribution in [2.75, 3.05) is 12.9 Å². The summed E-state index contributed by atoms with van der Waals surface area (Å²) in [5, 5.41) is 4.85. The lowest BCUT2D eigenvalue weighted by Gasteiger charge is -2.11. The molecule has 3 aromatic rings. The highest BCUT2D eigenvalue weighted by molar-refractivity contribution is 7.90. The summed E-state index contributed by atoms with van der Waals surface area (Å²) in [5.41, 5.74) is 1.81. The Kier molecular flexibility index (Phi) is 4.94. The number of methoxy groups -OCH3 is 1. The Morgan fingerprint density at radius 1 is 1.19 bits per heavy atom. The second-order valence-corrected chi connectivity index (χ2v) is 9.84. The zero-order valence-corrected chi connectivity index (χ0v) is 16.8. The van der Waals surface area contributed by atoms with E-state index >= 15 is 0 Å². The van der Waals surface area contributed by atoms with Crippen LogP contribution in [0.5, 0.6) is 5.75 Å². The van der Waals surface area contributed by atoms with Crippen molar-refractivity contribution in [2.45, 2.75) is 24.9 Å². The van der Waals surface area contributed by atoms with Crippen LogP contribution in [-0.2, 0) is 20.4 Å². The van der Waals surface area contributed by atoms with Crippen LogP contribution in [0.2, 0.25) is 0 Å². The number of sulfone groups is 1. The Labute approximate surface area is 163 Å². The number of thiophene rings is 1. The van der Waals surface area contributed by atoms with Gasteiger partial charge in [-0.15, -0.1) is 16.4 Å². The molecule has 3 atom stereocenters. The van der Waals surface area contributed by atoms with E-state index in [0.29, 0.717) is 0 Å². The van der Waals surface area contributed by atoms with Gasteiger partial charge in [-0.2, -0.15) is 0 Å². The Balaban J connectivity index is 1.38. The number of hydroxylamine groups is 2. The average Bonchev–Trinajstić information content (AvgIpc) is 3.32. The van der Waals surface area contributed by atoms with Crippen molar-refractivity contribution in [2.24, 2.45) is 0 Å². The molecule has 0 spiro atoms. The molecule has 27 heavy (non-hydrogen) atoms. The SMILES string of the molecule is COc1ccc([C@@H]2ON2C(C)CS(=O)(=O)Cc2ccc3sccc3c2)cc1. The summed E-state index contributed by atoms with van der Waals surface area (Å²) >= 11 is 1.66. The molecular weight excluding hydrogens is 382 g/mol. The van der Waals surface area contributed by atoms with Crippen molar-refractivity contribution in [3.8, 4) is 5.75 Å². The minimum absolute atomic E-state index is 0.0458. The molecule has 0 bridgehead atoms. The van der Waals surface area contributed by atoms with E-state index in [4.69, 9.17) is 9.57 Å². The van der Waals surface area contributed by atoms with Gasteiger partial charge in [0.2, 0.25) is 0 Å². The van der Waals surface area contributed by atoms with Crippen molar-refractivity contribution < 1.29 is 18.0 Å². The monoisotopic (exact) mass is 403 g/mol. The first-order chi connectivity index (χ1) is 12.9. The summed E-state index contributed by atoms with van der Waals surface area (Å²) in [7, 11) is -1.62. The summed E-state index contributed by atoms with van der Waals surface area (Å²) in [6.45, 7) is 1.88. The van der Waals surface area contributed by atoms with Gasteiger partial charge in [-0.1, -0.05) is 18.2 Å². The van der Waals surface area contributed by atoms with Gasteiger partial charge < -0.3 is 4.74 Å². The van der Waals surface area contributed by atoms with E-state index in [0.717, 1.165) is 22.3 Å².